The summed E-state index contributed by atoms with van der Waals surface area (Å²) in [5.41, 5.74) is 6.26. The van der Waals surface area contributed by atoms with Crippen molar-refractivity contribution in [3.63, 3.8) is 0 Å². The fourth-order valence-corrected chi connectivity index (χ4v) is 0.916. The van der Waals surface area contributed by atoms with Gasteiger partial charge in [-0.2, -0.15) is 0 Å². The molecule has 0 saturated heterocycles. The molecule has 0 aliphatic rings. The first kappa shape index (κ1) is 12.3. The molecule has 0 aromatic carbocycles. The number of Topliss-reactive ketones (excluding diaryl/α,β-unsaturated/α-hetero) is 1. The van der Waals surface area contributed by atoms with Crippen LogP contribution in [0.25, 0.3) is 0 Å². The number of hydrogen-bond acceptors (Lipinski definition) is 4. The Labute approximate surface area is 78.1 Å². The highest BCUT2D eigenvalue weighted by molar-refractivity contribution is 5.79. The van der Waals surface area contributed by atoms with Gasteiger partial charge >= 0.3 is 0 Å². The first-order valence-electron chi connectivity index (χ1n) is 4.36. The third kappa shape index (κ3) is 6.45. The third-order valence-corrected chi connectivity index (χ3v) is 1.70. The van der Waals surface area contributed by atoms with Crippen molar-refractivity contribution >= 4 is 5.78 Å². The maximum Gasteiger partial charge on any atom is 0.138 e. The van der Waals surface area contributed by atoms with Gasteiger partial charge in [0.2, 0.25) is 0 Å². The van der Waals surface area contributed by atoms with Gasteiger partial charge in [0.05, 0.1) is 0 Å². The molecule has 0 aliphatic heterocycles. The van der Waals surface area contributed by atoms with Crippen LogP contribution in [-0.2, 0) is 4.79 Å². The Kier molecular flexibility index (Phi) is 7.48. The van der Waals surface area contributed by atoms with Crippen LogP contribution in [0.15, 0.2) is 11.6 Å². The molecule has 0 spiro atoms. The molecule has 0 unspecified atom stereocenters. The van der Waals surface area contributed by atoms with Crippen LogP contribution in [0.4, 0.5) is 0 Å². The summed E-state index contributed by atoms with van der Waals surface area (Å²) in [6.07, 6.45) is 2.73. The summed E-state index contributed by atoms with van der Waals surface area (Å²) in [4.78, 5) is 11.0. The van der Waals surface area contributed by atoms with Crippen molar-refractivity contribution in [2.45, 2.75) is 19.3 Å². The molecule has 4 heteroatoms. The van der Waals surface area contributed by atoms with Crippen molar-refractivity contribution in [3.05, 3.63) is 11.6 Å². The molecule has 0 rings (SSSR count). The highest BCUT2D eigenvalue weighted by Crippen LogP contribution is 2.01. The van der Waals surface area contributed by atoms with Crippen molar-refractivity contribution in [1.82, 2.24) is 0 Å². The maximum atomic E-state index is 11.0. The molecule has 0 fully saturated rings. The lowest BCUT2D eigenvalue weighted by molar-refractivity contribution is -0.118. The number of nitrogens with two attached hydrogens (primary N) is 1. The monoisotopic (exact) mass is 187 g/mol. The topological polar surface area (TPSA) is 83.6 Å². The van der Waals surface area contributed by atoms with Crippen LogP contribution < -0.4 is 5.73 Å². The van der Waals surface area contributed by atoms with E-state index in [1.165, 1.54) is 0 Å². The van der Waals surface area contributed by atoms with E-state index in [-0.39, 0.29) is 25.4 Å². The zero-order chi connectivity index (χ0) is 10.1. The van der Waals surface area contributed by atoms with Gasteiger partial charge in [0, 0.05) is 32.6 Å². The van der Waals surface area contributed by atoms with Gasteiger partial charge in [-0.1, -0.05) is 11.6 Å². The van der Waals surface area contributed by atoms with Crippen LogP contribution in [0.5, 0.6) is 0 Å². The Balaban J connectivity index is 3.83. The zero-order valence-electron chi connectivity index (χ0n) is 7.70. The van der Waals surface area contributed by atoms with Gasteiger partial charge < -0.3 is 15.9 Å². The number of rotatable bonds is 7. The second kappa shape index (κ2) is 7.91. The molecule has 0 bridgehead atoms. The summed E-state index contributed by atoms with van der Waals surface area (Å²) >= 11 is 0. The molecule has 0 aromatic rings. The molecule has 13 heavy (non-hydrogen) atoms. The average molecular weight is 187 g/mol. The van der Waals surface area contributed by atoms with Gasteiger partial charge in [-0.05, 0) is 6.42 Å². The van der Waals surface area contributed by atoms with Crippen molar-refractivity contribution in [3.8, 4) is 0 Å². The minimum Gasteiger partial charge on any atom is -0.396 e. The summed E-state index contributed by atoms with van der Waals surface area (Å²) in [5, 5.41) is 17.1. The van der Waals surface area contributed by atoms with Crippen molar-refractivity contribution in [2.75, 3.05) is 19.8 Å². The Morgan fingerprint density at radius 1 is 1.23 bits per heavy atom. The first-order chi connectivity index (χ1) is 6.24. The van der Waals surface area contributed by atoms with Crippen LogP contribution in [-0.4, -0.2) is 35.8 Å². The predicted molar refractivity (Wildman–Crippen MR) is 50.2 cm³/mol. The Bertz CT molecular complexity index is 178. The van der Waals surface area contributed by atoms with E-state index >= 15 is 0 Å². The Hall–Kier alpha value is -0.710. The lowest BCUT2D eigenvalue weighted by Crippen LogP contribution is -2.06. The molecule has 4 N–H and O–H groups in total. The van der Waals surface area contributed by atoms with E-state index in [9.17, 15) is 4.79 Å². The van der Waals surface area contributed by atoms with Gasteiger partial charge in [-0.15, -0.1) is 0 Å². The molecule has 0 radical (unpaired) electrons. The van der Waals surface area contributed by atoms with E-state index in [0.717, 1.165) is 5.57 Å². The molecule has 0 aliphatic carbocycles. The Morgan fingerprint density at radius 3 is 2.31 bits per heavy atom. The summed E-state index contributed by atoms with van der Waals surface area (Å²) in [7, 11) is 0. The summed E-state index contributed by atoms with van der Waals surface area (Å²) in [6, 6.07) is 0. The third-order valence-electron chi connectivity index (χ3n) is 1.70. The highest BCUT2D eigenvalue weighted by atomic mass is 16.3. The summed E-state index contributed by atoms with van der Waals surface area (Å²) < 4.78 is 0. The van der Waals surface area contributed by atoms with Crippen molar-refractivity contribution < 1.29 is 15.0 Å². The second-order valence-electron chi connectivity index (χ2n) is 2.76. The van der Waals surface area contributed by atoms with Gasteiger partial charge in [-0.3, -0.25) is 4.79 Å². The molecule has 4 nitrogen and oxygen atoms in total. The fraction of sp³-hybridized carbons (Fsp3) is 0.667. The standard InChI is InChI=1S/C9H17NO3/c10-7-8(3-5-11)1-2-9(13)4-6-12/h1,11-12H,2-7,10H2. The Morgan fingerprint density at radius 2 is 1.85 bits per heavy atom. The van der Waals surface area contributed by atoms with Gasteiger partial charge in [-0.25, -0.2) is 0 Å². The van der Waals surface area contributed by atoms with E-state index in [2.05, 4.69) is 0 Å². The average Bonchev–Trinajstić information content (AvgIpc) is 2.12. The highest BCUT2D eigenvalue weighted by Gasteiger charge is 1.99. The van der Waals surface area contributed by atoms with Crippen molar-refractivity contribution in [1.29, 1.82) is 0 Å². The van der Waals surface area contributed by atoms with Gasteiger partial charge in [0.1, 0.15) is 5.78 Å². The van der Waals surface area contributed by atoms with Crippen LogP contribution in [0.1, 0.15) is 19.3 Å². The summed E-state index contributed by atoms with van der Waals surface area (Å²) in [6.45, 7) is 0.314. The van der Waals surface area contributed by atoms with Crippen LogP contribution >= 0.6 is 0 Å². The second-order valence-corrected chi connectivity index (χ2v) is 2.76. The number of ketones is 1. The van der Waals surface area contributed by atoms with E-state index in [4.69, 9.17) is 15.9 Å². The zero-order valence-corrected chi connectivity index (χ0v) is 7.70. The number of hydrogen-bond donors (Lipinski definition) is 3. The van der Waals surface area contributed by atoms with Gasteiger partial charge in [0.15, 0.2) is 0 Å². The van der Waals surface area contributed by atoms with E-state index in [1.807, 2.05) is 0 Å². The van der Waals surface area contributed by atoms with Gasteiger partial charge in [0.25, 0.3) is 0 Å². The normalized spacial score (nSPS) is 11.8. The number of carbonyl (C=O) groups is 1. The predicted octanol–water partition coefficient (Wildman–Crippen LogP) is -0.405. The molecule has 0 atom stereocenters. The molecule has 0 saturated carbocycles. The lowest BCUT2D eigenvalue weighted by Gasteiger charge is -2.01. The number of carbonyl (C=O) groups excluding carboxylic acids is 1. The number of aliphatic hydroxyl groups is 2. The largest absolute Gasteiger partial charge is 0.396 e. The van der Waals surface area contributed by atoms with E-state index in [1.54, 1.807) is 6.08 Å². The molecular formula is C9H17NO3. The van der Waals surface area contributed by atoms with E-state index in [0.29, 0.717) is 19.4 Å². The molecular weight excluding hydrogens is 170 g/mol. The molecule has 0 heterocycles. The van der Waals surface area contributed by atoms with E-state index < -0.39 is 0 Å². The number of allylic oxidation sites excluding steroid dienone is 1. The minimum absolute atomic E-state index is 0.00797. The fourth-order valence-electron chi connectivity index (χ4n) is 0.916. The summed E-state index contributed by atoms with van der Waals surface area (Å²) in [5.74, 6) is -0.00797. The first-order valence-corrected chi connectivity index (χ1v) is 4.36. The maximum absolute atomic E-state index is 11.0. The van der Waals surface area contributed by atoms with Crippen molar-refractivity contribution in [2.24, 2.45) is 5.73 Å². The smallest absolute Gasteiger partial charge is 0.138 e. The quantitative estimate of drug-likeness (QED) is 0.473. The molecule has 0 aromatic heterocycles. The van der Waals surface area contributed by atoms with Crippen LogP contribution in [0.3, 0.4) is 0 Å². The number of aliphatic hydroxyl groups excluding tert-OH is 2. The van der Waals surface area contributed by atoms with Crippen LogP contribution in [0, 0.1) is 0 Å². The molecule has 76 valence electrons. The minimum atomic E-state index is -0.107. The lowest BCUT2D eigenvalue weighted by atomic mass is 10.1. The van der Waals surface area contributed by atoms with Crippen LogP contribution in [0.2, 0.25) is 0 Å². The molecule has 0 amide bonds. The SMILES string of the molecule is NCC(=CCC(=O)CCO)CCO.